The highest BCUT2D eigenvalue weighted by atomic mass is 35.5. The smallest absolute Gasteiger partial charge is 0.270 e. The molecule has 2 aliphatic rings. The molecule has 0 atom stereocenters. The van der Waals surface area contributed by atoms with Gasteiger partial charge in [-0.2, -0.15) is 0 Å². The predicted octanol–water partition coefficient (Wildman–Crippen LogP) is 4.06. The van der Waals surface area contributed by atoms with Gasteiger partial charge < -0.3 is 10.2 Å². The molecule has 0 bridgehead atoms. The highest BCUT2D eigenvalue weighted by Gasteiger charge is 2.27. The van der Waals surface area contributed by atoms with Crippen molar-refractivity contribution in [2.75, 3.05) is 32.7 Å². The summed E-state index contributed by atoms with van der Waals surface area (Å²) in [5, 5.41) is 15.2. The van der Waals surface area contributed by atoms with Crippen molar-refractivity contribution in [1.29, 1.82) is 0 Å². The number of carbonyl (C=O) groups excluding carboxylic acids is 2. The quantitative estimate of drug-likeness (QED) is 0.397. The summed E-state index contributed by atoms with van der Waals surface area (Å²) in [5.41, 5.74) is -0.0230. The molecule has 10 heteroatoms. The van der Waals surface area contributed by atoms with Crippen molar-refractivity contribution in [2.45, 2.75) is 44.6 Å². The van der Waals surface area contributed by atoms with Gasteiger partial charge in [-0.05, 0) is 18.9 Å². The first-order chi connectivity index (χ1) is 15.4. The predicted molar refractivity (Wildman–Crippen MR) is 125 cm³/mol. The molecule has 2 fully saturated rings. The Morgan fingerprint density at radius 1 is 1.12 bits per heavy atom. The van der Waals surface area contributed by atoms with Crippen LogP contribution in [-0.2, 0) is 4.79 Å². The van der Waals surface area contributed by atoms with Crippen LogP contribution in [0.1, 0.15) is 48.2 Å². The standard InChI is InChI=1S/C22H27ClN4O4S/c23-20-17-8-7-16(27(30)31)13-18(17)32-21(20)22(29)26-11-9-25(10-12-26)14-19(28)24-15-5-3-1-2-4-6-15/h7-8,13,15H,1-6,9-12,14H2,(H,24,28). The SMILES string of the molecule is O=C(CN1CCN(C(=O)c2sc3cc([N+](=O)[O-])ccc3c2Cl)CC1)NC1CCCCCC1. The molecule has 1 aliphatic carbocycles. The second-order valence-corrected chi connectivity index (χ2v) is 9.94. The molecule has 1 saturated heterocycles. The van der Waals surface area contributed by atoms with Crippen molar-refractivity contribution < 1.29 is 14.5 Å². The number of piperazine rings is 1. The second kappa shape index (κ2) is 10.1. The van der Waals surface area contributed by atoms with E-state index < -0.39 is 4.92 Å². The van der Waals surface area contributed by atoms with Gasteiger partial charge in [-0.25, -0.2) is 0 Å². The number of halogens is 1. The average Bonchev–Trinajstić information content (AvgIpc) is 2.93. The van der Waals surface area contributed by atoms with Crippen LogP contribution >= 0.6 is 22.9 Å². The maximum atomic E-state index is 13.1. The Kier molecular flexibility index (Phi) is 7.27. The number of hydrogen-bond donors (Lipinski definition) is 1. The van der Waals surface area contributed by atoms with Gasteiger partial charge in [0.1, 0.15) is 4.88 Å². The first-order valence-corrected chi connectivity index (χ1v) is 12.3. The molecule has 172 valence electrons. The molecule has 1 aliphatic heterocycles. The molecule has 1 saturated carbocycles. The molecular formula is C22H27ClN4O4S. The summed E-state index contributed by atoms with van der Waals surface area (Å²) in [5.74, 6) is -0.104. The summed E-state index contributed by atoms with van der Waals surface area (Å²) in [6, 6.07) is 4.73. The highest BCUT2D eigenvalue weighted by Crippen LogP contribution is 2.38. The van der Waals surface area contributed by atoms with Gasteiger partial charge in [0.15, 0.2) is 0 Å². The van der Waals surface area contributed by atoms with Crippen LogP contribution in [0.2, 0.25) is 5.02 Å². The van der Waals surface area contributed by atoms with E-state index in [1.54, 1.807) is 11.0 Å². The molecule has 2 aromatic rings. The van der Waals surface area contributed by atoms with Gasteiger partial charge in [-0.1, -0.05) is 37.3 Å². The Morgan fingerprint density at radius 3 is 2.47 bits per heavy atom. The molecule has 4 rings (SSSR count). The van der Waals surface area contributed by atoms with Gasteiger partial charge in [0, 0.05) is 54.4 Å². The molecule has 0 unspecified atom stereocenters. The number of nitro benzene ring substituents is 1. The van der Waals surface area contributed by atoms with Crippen LogP contribution in [0, 0.1) is 10.1 Å². The molecule has 1 N–H and O–H groups in total. The molecule has 2 heterocycles. The van der Waals surface area contributed by atoms with Crippen LogP contribution in [-0.4, -0.2) is 65.3 Å². The van der Waals surface area contributed by atoms with Gasteiger partial charge in [-0.15, -0.1) is 11.3 Å². The van der Waals surface area contributed by atoms with Crippen molar-refractivity contribution in [1.82, 2.24) is 15.1 Å². The van der Waals surface area contributed by atoms with Crippen LogP contribution in [0.25, 0.3) is 10.1 Å². The number of fused-ring (bicyclic) bond motifs is 1. The molecule has 1 aromatic carbocycles. The molecule has 0 spiro atoms. The third-order valence-electron chi connectivity index (χ3n) is 6.27. The minimum atomic E-state index is -0.459. The number of hydrogen-bond acceptors (Lipinski definition) is 6. The van der Waals surface area contributed by atoms with E-state index in [1.807, 2.05) is 0 Å². The number of thiophene rings is 1. The van der Waals surface area contributed by atoms with E-state index in [1.165, 1.54) is 49.2 Å². The fraction of sp³-hybridized carbons (Fsp3) is 0.545. The van der Waals surface area contributed by atoms with E-state index in [-0.39, 0.29) is 17.5 Å². The lowest BCUT2D eigenvalue weighted by molar-refractivity contribution is -0.384. The summed E-state index contributed by atoms with van der Waals surface area (Å²) < 4.78 is 0.626. The molecule has 0 radical (unpaired) electrons. The summed E-state index contributed by atoms with van der Waals surface area (Å²) >= 11 is 7.62. The van der Waals surface area contributed by atoms with Crippen molar-refractivity contribution in [2.24, 2.45) is 0 Å². The van der Waals surface area contributed by atoms with Crippen LogP contribution in [0.4, 0.5) is 5.69 Å². The van der Waals surface area contributed by atoms with Gasteiger partial charge >= 0.3 is 0 Å². The molecular weight excluding hydrogens is 452 g/mol. The zero-order valence-electron chi connectivity index (χ0n) is 17.8. The number of amides is 2. The Bertz CT molecular complexity index is 1010. The minimum absolute atomic E-state index is 0.0230. The van der Waals surface area contributed by atoms with Crippen molar-refractivity contribution in [3.8, 4) is 0 Å². The Balaban J connectivity index is 1.33. The monoisotopic (exact) mass is 478 g/mol. The van der Waals surface area contributed by atoms with E-state index in [2.05, 4.69) is 10.2 Å². The van der Waals surface area contributed by atoms with Crippen molar-refractivity contribution >= 4 is 50.5 Å². The average molecular weight is 479 g/mol. The number of carbonyl (C=O) groups is 2. The number of nitrogens with zero attached hydrogens (tertiary/aromatic N) is 3. The topological polar surface area (TPSA) is 95.8 Å². The van der Waals surface area contributed by atoms with Crippen LogP contribution in [0.5, 0.6) is 0 Å². The zero-order chi connectivity index (χ0) is 22.7. The van der Waals surface area contributed by atoms with Crippen LogP contribution < -0.4 is 5.32 Å². The lowest BCUT2D eigenvalue weighted by Gasteiger charge is -2.34. The fourth-order valence-corrected chi connectivity index (χ4v) is 5.97. The third kappa shape index (κ3) is 5.22. The number of non-ortho nitro benzene ring substituents is 1. The van der Waals surface area contributed by atoms with E-state index >= 15 is 0 Å². The van der Waals surface area contributed by atoms with Crippen LogP contribution in [0.15, 0.2) is 18.2 Å². The lowest BCUT2D eigenvalue weighted by Crippen LogP contribution is -2.51. The van der Waals surface area contributed by atoms with Gasteiger partial charge in [0.2, 0.25) is 5.91 Å². The highest BCUT2D eigenvalue weighted by molar-refractivity contribution is 7.21. The summed E-state index contributed by atoms with van der Waals surface area (Å²) in [4.78, 5) is 40.3. The Labute approximate surface area is 195 Å². The number of benzene rings is 1. The molecule has 32 heavy (non-hydrogen) atoms. The van der Waals surface area contributed by atoms with Gasteiger partial charge in [0.05, 0.1) is 16.5 Å². The first kappa shape index (κ1) is 22.9. The fourth-order valence-electron chi connectivity index (χ4n) is 4.46. The Morgan fingerprint density at radius 2 is 1.81 bits per heavy atom. The summed E-state index contributed by atoms with van der Waals surface area (Å²) in [7, 11) is 0. The first-order valence-electron chi connectivity index (χ1n) is 11.1. The maximum absolute atomic E-state index is 13.1. The van der Waals surface area contributed by atoms with E-state index in [9.17, 15) is 19.7 Å². The zero-order valence-corrected chi connectivity index (χ0v) is 19.4. The third-order valence-corrected chi connectivity index (χ3v) is 7.91. The van der Waals surface area contributed by atoms with E-state index in [0.717, 1.165) is 12.8 Å². The van der Waals surface area contributed by atoms with Crippen molar-refractivity contribution in [3.05, 3.63) is 38.2 Å². The molecule has 1 aromatic heterocycles. The second-order valence-electron chi connectivity index (χ2n) is 8.51. The minimum Gasteiger partial charge on any atom is -0.352 e. The normalized spacial score (nSPS) is 18.5. The van der Waals surface area contributed by atoms with Gasteiger partial charge in [-0.3, -0.25) is 24.6 Å². The van der Waals surface area contributed by atoms with E-state index in [4.69, 9.17) is 11.6 Å². The number of rotatable bonds is 5. The molecule has 8 nitrogen and oxygen atoms in total. The van der Waals surface area contributed by atoms with Gasteiger partial charge in [0.25, 0.3) is 11.6 Å². The lowest BCUT2D eigenvalue weighted by atomic mass is 10.1. The summed E-state index contributed by atoms with van der Waals surface area (Å²) in [6.45, 7) is 2.63. The van der Waals surface area contributed by atoms with Crippen molar-refractivity contribution in [3.63, 3.8) is 0 Å². The maximum Gasteiger partial charge on any atom is 0.270 e. The number of nitro groups is 1. The Hall–Kier alpha value is -2.23. The van der Waals surface area contributed by atoms with Crippen LogP contribution in [0.3, 0.4) is 0 Å². The largest absolute Gasteiger partial charge is 0.352 e. The molecule has 2 amide bonds. The van der Waals surface area contributed by atoms with E-state index in [0.29, 0.717) is 58.8 Å². The summed E-state index contributed by atoms with van der Waals surface area (Å²) in [6.07, 6.45) is 6.99. The number of nitrogens with one attached hydrogen (secondary N) is 1.